The normalized spacial score (nSPS) is 15.0. The number of hydrogen-bond acceptors (Lipinski definition) is 4. The summed E-state index contributed by atoms with van der Waals surface area (Å²) in [6, 6.07) is 10.3. The Morgan fingerprint density at radius 2 is 1.85 bits per heavy atom. The molecule has 1 aromatic carbocycles. The summed E-state index contributed by atoms with van der Waals surface area (Å²) in [7, 11) is 7.87. The van der Waals surface area contributed by atoms with Gasteiger partial charge in [-0.05, 0) is 49.7 Å². The van der Waals surface area contributed by atoms with Gasteiger partial charge in [0.05, 0.1) is 24.4 Å². The van der Waals surface area contributed by atoms with Crippen molar-refractivity contribution in [2.45, 2.75) is 31.7 Å². The Labute approximate surface area is 162 Å². The lowest BCUT2D eigenvalue weighted by Gasteiger charge is -2.20. The molecule has 0 bridgehead atoms. The number of nitrogens with zero attached hydrogens (tertiary/aromatic N) is 4. The van der Waals surface area contributed by atoms with Crippen molar-refractivity contribution in [1.29, 1.82) is 0 Å². The largest absolute Gasteiger partial charge is 0.378 e. The number of hydrogen-bond donors (Lipinski definition) is 1. The molecule has 146 valence electrons. The Morgan fingerprint density at radius 1 is 1.19 bits per heavy atom. The highest BCUT2D eigenvalue weighted by atomic mass is 16.2. The predicted octanol–water partition coefficient (Wildman–Crippen LogP) is 2.15. The van der Waals surface area contributed by atoms with Gasteiger partial charge in [-0.2, -0.15) is 5.10 Å². The van der Waals surface area contributed by atoms with Gasteiger partial charge in [-0.15, -0.1) is 0 Å². The van der Waals surface area contributed by atoms with Crippen LogP contribution in [0.5, 0.6) is 0 Å². The van der Waals surface area contributed by atoms with Gasteiger partial charge in [0.1, 0.15) is 0 Å². The predicted molar refractivity (Wildman–Crippen MR) is 109 cm³/mol. The van der Waals surface area contributed by atoms with Crippen molar-refractivity contribution in [3.8, 4) is 0 Å². The number of carbonyl (C=O) groups excluding carboxylic acids is 1. The Bertz CT molecular complexity index is 759. The number of rotatable bonds is 6. The number of carbonyl (C=O) groups is 1. The number of anilines is 1. The SMILES string of the molecule is CN(Cc1cc(C2CCNCC2)nn1C)C(=O)Cc1ccc(N(C)C)cc1. The molecule has 2 heterocycles. The minimum absolute atomic E-state index is 0.122. The summed E-state index contributed by atoms with van der Waals surface area (Å²) in [5.41, 5.74) is 4.43. The van der Waals surface area contributed by atoms with Crippen molar-refractivity contribution in [3.05, 3.63) is 47.3 Å². The Morgan fingerprint density at radius 3 is 2.48 bits per heavy atom. The third kappa shape index (κ3) is 4.89. The highest BCUT2D eigenvalue weighted by molar-refractivity contribution is 5.78. The van der Waals surface area contributed by atoms with Crippen LogP contribution in [0.1, 0.15) is 35.7 Å². The fourth-order valence-electron chi connectivity index (χ4n) is 3.55. The molecule has 0 radical (unpaired) electrons. The monoisotopic (exact) mass is 369 g/mol. The molecule has 0 saturated carbocycles. The average Bonchev–Trinajstić information content (AvgIpc) is 3.03. The minimum Gasteiger partial charge on any atom is -0.378 e. The van der Waals surface area contributed by atoms with E-state index in [1.54, 1.807) is 4.90 Å². The van der Waals surface area contributed by atoms with Gasteiger partial charge in [0.15, 0.2) is 0 Å². The molecule has 0 atom stereocenters. The van der Waals surface area contributed by atoms with Crippen LogP contribution >= 0.6 is 0 Å². The Balaban J connectivity index is 1.60. The zero-order chi connectivity index (χ0) is 19.4. The van der Waals surface area contributed by atoms with Crippen molar-refractivity contribution >= 4 is 11.6 Å². The van der Waals surface area contributed by atoms with Crippen LogP contribution in [0.4, 0.5) is 5.69 Å². The molecular formula is C21H31N5O. The highest BCUT2D eigenvalue weighted by Crippen LogP contribution is 2.25. The van der Waals surface area contributed by atoms with E-state index >= 15 is 0 Å². The van der Waals surface area contributed by atoms with Crippen LogP contribution in [0.2, 0.25) is 0 Å². The minimum atomic E-state index is 0.122. The number of aromatic nitrogens is 2. The second-order valence-electron chi connectivity index (χ2n) is 7.70. The lowest BCUT2D eigenvalue weighted by Crippen LogP contribution is -2.28. The van der Waals surface area contributed by atoms with Crippen molar-refractivity contribution < 1.29 is 4.79 Å². The van der Waals surface area contributed by atoms with Crippen LogP contribution < -0.4 is 10.2 Å². The summed E-state index contributed by atoms with van der Waals surface area (Å²) in [6.45, 7) is 2.70. The molecule has 1 fully saturated rings. The summed E-state index contributed by atoms with van der Waals surface area (Å²) in [4.78, 5) is 16.5. The molecule has 1 aliphatic heterocycles. The van der Waals surface area contributed by atoms with Gasteiger partial charge in [-0.3, -0.25) is 9.48 Å². The van der Waals surface area contributed by atoms with Gasteiger partial charge in [0, 0.05) is 39.8 Å². The third-order valence-electron chi connectivity index (χ3n) is 5.39. The first-order valence-electron chi connectivity index (χ1n) is 9.68. The first kappa shape index (κ1) is 19.4. The maximum Gasteiger partial charge on any atom is 0.227 e. The molecule has 3 rings (SSSR count). The number of benzene rings is 1. The molecule has 6 heteroatoms. The standard InChI is InChI=1S/C21H31N5O/c1-24(2)18-7-5-16(6-8-18)13-21(27)25(3)15-19-14-20(23-26(19)4)17-9-11-22-12-10-17/h5-8,14,17,22H,9-13,15H2,1-4H3. The Hall–Kier alpha value is -2.34. The van der Waals surface area contributed by atoms with E-state index < -0.39 is 0 Å². The van der Waals surface area contributed by atoms with Gasteiger partial charge in [0.25, 0.3) is 0 Å². The van der Waals surface area contributed by atoms with Crippen LogP contribution in [-0.2, 0) is 24.8 Å². The van der Waals surface area contributed by atoms with Crippen LogP contribution in [0.3, 0.4) is 0 Å². The molecule has 0 spiro atoms. The maximum absolute atomic E-state index is 12.6. The average molecular weight is 370 g/mol. The summed E-state index contributed by atoms with van der Waals surface area (Å²) in [5.74, 6) is 0.652. The molecule has 0 unspecified atom stereocenters. The quantitative estimate of drug-likeness (QED) is 0.848. The van der Waals surface area contributed by atoms with Crippen molar-refractivity contribution in [2.24, 2.45) is 7.05 Å². The second kappa shape index (κ2) is 8.57. The molecule has 1 aliphatic rings. The van der Waals surface area contributed by atoms with E-state index in [0.717, 1.165) is 48.6 Å². The number of aryl methyl sites for hydroxylation is 1. The molecule has 1 aromatic heterocycles. The molecule has 1 amide bonds. The van der Waals surface area contributed by atoms with E-state index in [1.165, 1.54) is 0 Å². The number of nitrogens with one attached hydrogen (secondary N) is 1. The van der Waals surface area contributed by atoms with E-state index in [9.17, 15) is 4.79 Å². The highest BCUT2D eigenvalue weighted by Gasteiger charge is 2.20. The summed E-state index contributed by atoms with van der Waals surface area (Å²) in [6.07, 6.45) is 2.69. The van der Waals surface area contributed by atoms with Crippen molar-refractivity contribution in [3.63, 3.8) is 0 Å². The molecule has 1 saturated heterocycles. The van der Waals surface area contributed by atoms with Gasteiger partial charge in [-0.1, -0.05) is 12.1 Å². The molecule has 6 nitrogen and oxygen atoms in total. The van der Waals surface area contributed by atoms with Gasteiger partial charge >= 0.3 is 0 Å². The third-order valence-corrected chi connectivity index (χ3v) is 5.39. The van der Waals surface area contributed by atoms with Crippen LogP contribution in [-0.4, -0.2) is 54.8 Å². The summed E-state index contributed by atoms with van der Waals surface area (Å²) >= 11 is 0. The van der Waals surface area contributed by atoms with E-state index in [1.807, 2.05) is 45.0 Å². The fraction of sp³-hybridized carbons (Fsp3) is 0.524. The van der Waals surface area contributed by atoms with Crippen LogP contribution in [0.25, 0.3) is 0 Å². The first-order chi connectivity index (χ1) is 12.9. The van der Waals surface area contributed by atoms with Gasteiger partial charge in [-0.25, -0.2) is 0 Å². The van der Waals surface area contributed by atoms with Gasteiger partial charge < -0.3 is 15.1 Å². The lowest BCUT2D eigenvalue weighted by molar-refractivity contribution is -0.129. The Kier molecular flexibility index (Phi) is 6.16. The maximum atomic E-state index is 12.6. The smallest absolute Gasteiger partial charge is 0.227 e. The van der Waals surface area contributed by atoms with E-state index in [0.29, 0.717) is 18.9 Å². The lowest BCUT2D eigenvalue weighted by atomic mass is 9.94. The molecule has 1 N–H and O–H groups in total. The molecule has 2 aromatic rings. The topological polar surface area (TPSA) is 53.4 Å². The van der Waals surface area contributed by atoms with Crippen LogP contribution in [0, 0.1) is 0 Å². The summed E-state index contributed by atoms with van der Waals surface area (Å²) < 4.78 is 1.92. The van der Waals surface area contributed by atoms with E-state index in [2.05, 4.69) is 28.4 Å². The number of piperidine rings is 1. The summed E-state index contributed by atoms with van der Waals surface area (Å²) in [5, 5.41) is 8.10. The molecule has 27 heavy (non-hydrogen) atoms. The molecule has 0 aliphatic carbocycles. The zero-order valence-electron chi connectivity index (χ0n) is 16.9. The first-order valence-corrected chi connectivity index (χ1v) is 9.68. The van der Waals surface area contributed by atoms with E-state index in [4.69, 9.17) is 5.10 Å². The van der Waals surface area contributed by atoms with Crippen molar-refractivity contribution in [2.75, 3.05) is 39.1 Å². The molecular weight excluding hydrogens is 338 g/mol. The van der Waals surface area contributed by atoms with E-state index in [-0.39, 0.29) is 5.91 Å². The van der Waals surface area contributed by atoms with Crippen LogP contribution in [0.15, 0.2) is 30.3 Å². The number of amides is 1. The fourth-order valence-corrected chi connectivity index (χ4v) is 3.55. The second-order valence-corrected chi connectivity index (χ2v) is 7.70. The van der Waals surface area contributed by atoms with Crippen molar-refractivity contribution in [1.82, 2.24) is 20.0 Å². The number of likely N-dealkylation sites (N-methyl/N-ethyl adjacent to an activating group) is 1. The van der Waals surface area contributed by atoms with Gasteiger partial charge in [0.2, 0.25) is 5.91 Å². The zero-order valence-corrected chi connectivity index (χ0v) is 16.9.